The van der Waals surface area contributed by atoms with Crippen molar-refractivity contribution in [3.63, 3.8) is 0 Å². The maximum absolute atomic E-state index is 13.6. The van der Waals surface area contributed by atoms with Gasteiger partial charge in [-0.25, -0.2) is 18.7 Å². The van der Waals surface area contributed by atoms with Crippen molar-refractivity contribution in [1.29, 1.82) is 0 Å². The van der Waals surface area contributed by atoms with Gasteiger partial charge in [-0.15, -0.1) is 0 Å². The molecule has 1 unspecified atom stereocenters. The molecule has 0 radical (unpaired) electrons. The van der Waals surface area contributed by atoms with Gasteiger partial charge in [0.05, 0.1) is 17.6 Å². The fourth-order valence-electron chi connectivity index (χ4n) is 5.91. The van der Waals surface area contributed by atoms with Gasteiger partial charge in [-0.05, 0) is 78.8 Å². The summed E-state index contributed by atoms with van der Waals surface area (Å²) in [6.07, 6.45) is 6.09. The Bertz CT molecular complexity index is 1590. The van der Waals surface area contributed by atoms with Crippen molar-refractivity contribution in [2.45, 2.75) is 49.8 Å². The average Bonchev–Trinajstić information content (AvgIpc) is 3.58. The smallest absolute Gasteiger partial charge is 0.246 e. The second kappa shape index (κ2) is 11.2. The molecule has 4 aromatic rings. The SMILES string of the molecule is CCCc1cc(C2(Cc3ccccc3)CCN(S(=O)(=O)c3cnn(C)c3)C2)c(C)cc1N(N)c1ccc(F)cc1. The Morgan fingerprint density at radius 1 is 1.10 bits per heavy atom. The highest BCUT2D eigenvalue weighted by atomic mass is 32.2. The molecule has 7 nitrogen and oxygen atoms in total. The molecule has 0 saturated carbocycles. The maximum Gasteiger partial charge on any atom is 0.246 e. The Morgan fingerprint density at radius 2 is 1.82 bits per heavy atom. The number of anilines is 2. The van der Waals surface area contributed by atoms with Crippen LogP contribution < -0.4 is 10.9 Å². The lowest BCUT2D eigenvalue weighted by Gasteiger charge is -2.34. The molecule has 0 aliphatic carbocycles. The van der Waals surface area contributed by atoms with Gasteiger partial charge in [-0.1, -0.05) is 49.7 Å². The van der Waals surface area contributed by atoms with E-state index in [1.54, 1.807) is 34.7 Å². The molecule has 9 heteroatoms. The third-order valence-corrected chi connectivity index (χ3v) is 9.70. The van der Waals surface area contributed by atoms with Crippen LogP contribution in [0.4, 0.5) is 15.8 Å². The first-order chi connectivity index (χ1) is 19.1. The number of rotatable bonds is 9. The van der Waals surface area contributed by atoms with Crippen molar-refractivity contribution in [2.75, 3.05) is 18.1 Å². The first-order valence-corrected chi connectivity index (χ1v) is 15.0. The van der Waals surface area contributed by atoms with Crippen LogP contribution in [0.15, 0.2) is 84.0 Å². The number of sulfonamides is 1. The first kappa shape index (κ1) is 28.0. The monoisotopic (exact) mass is 561 g/mol. The summed E-state index contributed by atoms with van der Waals surface area (Å²) in [6.45, 7) is 4.99. The predicted molar refractivity (Wildman–Crippen MR) is 156 cm³/mol. The molecular formula is C31H36FN5O2S. The highest BCUT2D eigenvalue weighted by molar-refractivity contribution is 7.89. The minimum Gasteiger partial charge on any atom is -0.279 e. The van der Waals surface area contributed by atoms with E-state index in [1.807, 2.05) is 18.2 Å². The first-order valence-electron chi connectivity index (χ1n) is 13.6. The number of nitrogens with zero attached hydrogens (tertiary/aromatic N) is 4. The number of aryl methyl sites for hydroxylation is 3. The highest BCUT2D eigenvalue weighted by Gasteiger charge is 2.45. The van der Waals surface area contributed by atoms with E-state index in [1.165, 1.54) is 23.0 Å². The number of benzene rings is 3. The standard InChI is InChI=1S/C31H36FN5O2S/c1-4-8-25-18-29(23(2)17-30(25)37(33)27-13-11-26(32)12-14-27)31(19-24-9-6-5-7-10-24)15-16-36(22-31)40(38,39)28-20-34-35(3)21-28/h5-7,9-14,17-18,20-21H,4,8,15-16,19,22,33H2,1-3H3. The summed E-state index contributed by atoms with van der Waals surface area (Å²) in [5.74, 6) is 6.27. The fourth-order valence-corrected chi connectivity index (χ4v) is 7.42. The largest absolute Gasteiger partial charge is 0.279 e. The molecule has 5 rings (SSSR count). The molecule has 1 fully saturated rings. The van der Waals surface area contributed by atoms with Gasteiger partial charge in [0, 0.05) is 31.7 Å². The molecule has 1 aliphatic rings. The van der Waals surface area contributed by atoms with Crippen molar-refractivity contribution in [2.24, 2.45) is 12.9 Å². The highest BCUT2D eigenvalue weighted by Crippen LogP contribution is 2.43. The van der Waals surface area contributed by atoms with Crippen LogP contribution in [0.2, 0.25) is 0 Å². The Hall–Kier alpha value is -3.53. The van der Waals surface area contributed by atoms with Crippen molar-refractivity contribution in [1.82, 2.24) is 14.1 Å². The molecule has 210 valence electrons. The zero-order valence-corrected chi connectivity index (χ0v) is 24.0. The third kappa shape index (κ3) is 5.41. The zero-order chi connectivity index (χ0) is 28.5. The Kier molecular flexibility index (Phi) is 7.81. The summed E-state index contributed by atoms with van der Waals surface area (Å²) < 4.78 is 43.9. The number of hydrogen-bond acceptors (Lipinski definition) is 5. The number of nitrogens with two attached hydrogens (primary N) is 1. The van der Waals surface area contributed by atoms with Gasteiger partial charge in [0.25, 0.3) is 0 Å². The number of hydrazine groups is 1. The normalized spacial score (nSPS) is 17.8. The Morgan fingerprint density at radius 3 is 2.48 bits per heavy atom. The molecule has 1 saturated heterocycles. The Balaban J connectivity index is 1.59. The van der Waals surface area contributed by atoms with E-state index in [0.29, 0.717) is 31.6 Å². The summed E-state index contributed by atoms with van der Waals surface area (Å²) >= 11 is 0. The van der Waals surface area contributed by atoms with E-state index in [9.17, 15) is 12.8 Å². The van der Waals surface area contributed by atoms with E-state index < -0.39 is 15.4 Å². The van der Waals surface area contributed by atoms with Crippen LogP contribution in [-0.2, 0) is 35.3 Å². The van der Waals surface area contributed by atoms with Crippen LogP contribution in [0.5, 0.6) is 0 Å². The fraction of sp³-hybridized carbons (Fsp3) is 0.323. The van der Waals surface area contributed by atoms with Crippen LogP contribution in [-0.4, -0.2) is 35.6 Å². The minimum atomic E-state index is -3.69. The molecule has 1 atom stereocenters. The maximum atomic E-state index is 13.6. The molecule has 1 aliphatic heterocycles. The summed E-state index contributed by atoms with van der Waals surface area (Å²) in [4.78, 5) is 0.210. The quantitative estimate of drug-likeness (QED) is 0.218. The van der Waals surface area contributed by atoms with Crippen molar-refractivity contribution >= 4 is 21.4 Å². The minimum absolute atomic E-state index is 0.210. The molecule has 0 amide bonds. The molecule has 2 heterocycles. The predicted octanol–water partition coefficient (Wildman–Crippen LogP) is 5.41. The van der Waals surface area contributed by atoms with Crippen molar-refractivity contribution in [3.8, 4) is 0 Å². The Labute approximate surface area is 236 Å². The third-order valence-electron chi connectivity index (χ3n) is 7.90. The molecule has 40 heavy (non-hydrogen) atoms. The summed E-state index contributed by atoms with van der Waals surface area (Å²) in [5.41, 5.74) is 5.56. The molecule has 0 spiro atoms. The second-order valence-electron chi connectivity index (χ2n) is 10.8. The van der Waals surface area contributed by atoms with E-state index >= 15 is 0 Å². The van der Waals surface area contributed by atoms with Gasteiger partial charge in [-0.3, -0.25) is 9.69 Å². The van der Waals surface area contributed by atoms with Crippen LogP contribution in [0.1, 0.15) is 42.0 Å². The van der Waals surface area contributed by atoms with Crippen LogP contribution >= 0.6 is 0 Å². The van der Waals surface area contributed by atoms with E-state index in [-0.39, 0.29) is 10.7 Å². The topological polar surface area (TPSA) is 84.5 Å². The summed E-state index contributed by atoms with van der Waals surface area (Å²) in [7, 11) is -1.97. The van der Waals surface area contributed by atoms with E-state index in [4.69, 9.17) is 5.84 Å². The summed E-state index contributed by atoms with van der Waals surface area (Å²) in [6, 6.07) is 20.7. The molecule has 2 N–H and O–H groups in total. The van der Waals surface area contributed by atoms with E-state index in [0.717, 1.165) is 40.8 Å². The van der Waals surface area contributed by atoms with E-state index in [2.05, 4.69) is 43.2 Å². The molecular weight excluding hydrogens is 525 g/mol. The van der Waals surface area contributed by atoms with Gasteiger partial charge in [0.1, 0.15) is 10.7 Å². The molecule has 3 aromatic carbocycles. The molecule has 1 aromatic heterocycles. The zero-order valence-electron chi connectivity index (χ0n) is 23.2. The van der Waals surface area contributed by atoms with Gasteiger partial charge in [-0.2, -0.15) is 9.40 Å². The van der Waals surface area contributed by atoms with Gasteiger partial charge >= 0.3 is 0 Å². The second-order valence-corrected chi connectivity index (χ2v) is 12.7. The van der Waals surface area contributed by atoms with Crippen LogP contribution in [0.3, 0.4) is 0 Å². The lowest BCUT2D eigenvalue weighted by Crippen LogP contribution is -2.37. The van der Waals surface area contributed by atoms with Gasteiger partial charge < -0.3 is 0 Å². The lowest BCUT2D eigenvalue weighted by molar-refractivity contribution is 0.413. The lowest BCUT2D eigenvalue weighted by atomic mass is 9.72. The average molecular weight is 562 g/mol. The van der Waals surface area contributed by atoms with Gasteiger partial charge in [0.15, 0.2) is 0 Å². The van der Waals surface area contributed by atoms with Crippen LogP contribution in [0, 0.1) is 12.7 Å². The van der Waals surface area contributed by atoms with Crippen molar-refractivity contribution in [3.05, 3.63) is 107 Å². The van der Waals surface area contributed by atoms with Crippen molar-refractivity contribution < 1.29 is 12.8 Å². The number of aromatic nitrogens is 2. The van der Waals surface area contributed by atoms with Gasteiger partial charge in [0.2, 0.25) is 10.0 Å². The number of hydrogen-bond donors (Lipinski definition) is 1. The summed E-state index contributed by atoms with van der Waals surface area (Å²) in [5, 5.41) is 5.70. The molecule has 0 bridgehead atoms. The number of halogens is 1. The van der Waals surface area contributed by atoms with Crippen LogP contribution in [0.25, 0.3) is 0 Å².